The van der Waals surface area contributed by atoms with Crippen LogP contribution < -0.4 is 5.32 Å². The van der Waals surface area contributed by atoms with Gasteiger partial charge in [0.1, 0.15) is 0 Å². The number of carbonyl (C=O) groups is 1. The number of rotatable bonds is 6. The van der Waals surface area contributed by atoms with E-state index in [4.69, 9.17) is 0 Å². The van der Waals surface area contributed by atoms with E-state index in [9.17, 15) is 4.79 Å². The van der Waals surface area contributed by atoms with Crippen LogP contribution in [0.25, 0.3) is 5.78 Å². The van der Waals surface area contributed by atoms with Gasteiger partial charge in [-0.2, -0.15) is 4.98 Å². The smallest absolute Gasteiger partial charge is 0.253 e. The molecule has 1 N–H and O–H groups in total. The average Bonchev–Trinajstić information content (AvgIpc) is 3.32. The lowest BCUT2D eigenvalue weighted by Crippen LogP contribution is -2.38. The van der Waals surface area contributed by atoms with Gasteiger partial charge in [0.15, 0.2) is 0 Å². The van der Waals surface area contributed by atoms with Gasteiger partial charge in [0.25, 0.3) is 5.78 Å². The first-order valence-corrected chi connectivity index (χ1v) is 11.1. The summed E-state index contributed by atoms with van der Waals surface area (Å²) < 4.78 is 1.73. The molecule has 152 valence electrons. The van der Waals surface area contributed by atoms with Crippen molar-refractivity contribution in [2.75, 3.05) is 19.3 Å². The van der Waals surface area contributed by atoms with Crippen LogP contribution in [0.5, 0.6) is 0 Å². The highest BCUT2D eigenvalue weighted by molar-refractivity contribution is 7.98. The van der Waals surface area contributed by atoms with Crippen molar-refractivity contribution < 1.29 is 4.79 Å². The second-order valence-corrected chi connectivity index (χ2v) is 8.30. The molecule has 1 aromatic carbocycles. The topological polar surface area (TPSA) is 75.4 Å². The predicted octanol–water partition coefficient (Wildman–Crippen LogP) is 2.40. The predicted molar refractivity (Wildman–Crippen MR) is 114 cm³/mol. The zero-order valence-corrected chi connectivity index (χ0v) is 17.9. The van der Waals surface area contributed by atoms with Crippen molar-refractivity contribution in [2.45, 2.75) is 44.4 Å². The molecule has 0 radical (unpaired) electrons. The van der Waals surface area contributed by atoms with Crippen LogP contribution in [0, 0.1) is 13.8 Å². The summed E-state index contributed by atoms with van der Waals surface area (Å²) >= 11 is 1.48. The molecule has 0 bridgehead atoms. The third-order valence-corrected chi connectivity index (χ3v) is 5.97. The Bertz CT molecular complexity index is 1020. The van der Waals surface area contributed by atoms with Gasteiger partial charge in [0, 0.05) is 42.6 Å². The molecule has 1 atom stereocenters. The van der Waals surface area contributed by atoms with Gasteiger partial charge < -0.3 is 5.32 Å². The van der Waals surface area contributed by atoms with Crippen molar-refractivity contribution in [3.8, 4) is 0 Å². The van der Waals surface area contributed by atoms with Crippen LogP contribution in [0.15, 0.2) is 35.5 Å². The van der Waals surface area contributed by atoms with Crippen LogP contribution in [0.1, 0.15) is 28.9 Å². The third-order valence-electron chi connectivity index (χ3n) is 5.44. The number of thioether (sulfide) groups is 1. The van der Waals surface area contributed by atoms with E-state index in [0.29, 0.717) is 17.4 Å². The average molecular weight is 411 g/mol. The van der Waals surface area contributed by atoms with Crippen molar-refractivity contribution in [2.24, 2.45) is 0 Å². The monoisotopic (exact) mass is 410 g/mol. The van der Waals surface area contributed by atoms with Crippen LogP contribution in [-0.2, 0) is 17.8 Å². The number of hydrogen-bond donors (Lipinski definition) is 1. The molecular weight excluding hydrogens is 384 g/mol. The van der Waals surface area contributed by atoms with E-state index in [2.05, 4.69) is 49.5 Å². The second-order valence-electron chi connectivity index (χ2n) is 7.52. The maximum Gasteiger partial charge on any atom is 0.253 e. The van der Waals surface area contributed by atoms with Gasteiger partial charge in [0.2, 0.25) is 11.1 Å². The molecule has 8 heteroatoms. The molecule has 0 spiro atoms. The van der Waals surface area contributed by atoms with E-state index in [1.54, 1.807) is 4.52 Å². The maximum atomic E-state index is 12.7. The van der Waals surface area contributed by atoms with Gasteiger partial charge in [-0.15, -0.1) is 5.10 Å². The molecule has 2 aromatic heterocycles. The Morgan fingerprint density at radius 3 is 2.79 bits per heavy atom. The molecule has 0 unspecified atom stereocenters. The van der Waals surface area contributed by atoms with E-state index in [1.165, 1.54) is 17.3 Å². The number of carbonyl (C=O) groups excluding carboxylic acids is 1. The number of hydrogen-bond acceptors (Lipinski definition) is 6. The van der Waals surface area contributed by atoms with Crippen LogP contribution in [0.4, 0.5) is 0 Å². The third kappa shape index (κ3) is 4.43. The molecule has 29 heavy (non-hydrogen) atoms. The van der Waals surface area contributed by atoms with E-state index >= 15 is 0 Å². The highest BCUT2D eigenvalue weighted by atomic mass is 32.2. The van der Waals surface area contributed by atoms with Crippen molar-refractivity contribution >= 4 is 23.4 Å². The number of benzene rings is 1. The first-order valence-electron chi connectivity index (χ1n) is 9.86. The first-order chi connectivity index (χ1) is 14.0. The van der Waals surface area contributed by atoms with Gasteiger partial charge in [-0.05, 0) is 32.1 Å². The number of nitrogens with one attached hydrogen (secondary N) is 1. The van der Waals surface area contributed by atoms with E-state index in [-0.39, 0.29) is 11.9 Å². The molecule has 4 rings (SSSR count). The molecule has 7 nitrogen and oxygen atoms in total. The highest BCUT2D eigenvalue weighted by Crippen LogP contribution is 2.18. The Morgan fingerprint density at radius 1 is 1.24 bits per heavy atom. The summed E-state index contributed by atoms with van der Waals surface area (Å²) in [6.07, 6.45) is 3.23. The molecule has 1 saturated heterocycles. The van der Waals surface area contributed by atoms with E-state index < -0.39 is 0 Å². The van der Waals surface area contributed by atoms with Crippen molar-refractivity contribution in [3.05, 3.63) is 52.8 Å². The fourth-order valence-corrected chi connectivity index (χ4v) is 4.24. The summed E-state index contributed by atoms with van der Waals surface area (Å²) in [6, 6.07) is 10.7. The van der Waals surface area contributed by atoms with Gasteiger partial charge in [-0.25, -0.2) is 9.50 Å². The molecular formula is C21H26N6OS. The van der Waals surface area contributed by atoms with Gasteiger partial charge in [-0.3, -0.25) is 9.69 Å². The normalized spacial score (nSPS) is 17.1. The first kappa shape index (κ1) is 19.8. The maximum absolute atomic E-state index is 12.7. The Labute approximate surface area is 174 Å². The quantitative estimate of drug-likeness (QED) is 0.629. The van der Waals surface area contributed by atoms with Crippen LogP contribution in [-0.4, -0.2) is 55.8 Å². The molecule has 0 aliphatic carbocycles. The summed E-state index contributed by atoms with van der Waals surface area (Å²) in [6.45, 7) is 6.72. The van der Waals surface area contributed by atoms with Crippen molar-refractivity contribution in [3.63, 3.8) is 0 Å². The Hall–Kier alpha value is -2.45. The minimum absolute atomic E-state index is 0.0362. The number of nitrogens with zero attached hydrogens (tertiary/aromatic N) is 5. The largest absolute Gasteiger partial charge is 0.352 e. The molecule has 1 aliphatic rings. The Balaban J connectivity index is 1.39. The van der Waals surface area contributed by atoms with Crippen LogP contribution >= 0.6 is 11.8 Å². The number of likely N-dealkylation sites (tertiary alicyclic amines) is 1. The molecule has 3 aromatic rings. The van der Waals surface area contributed by atoms with Crippen molar-refractivity contribution in [1.82, 2.24) is 29.8 Å². The van der Waals surface area contributed by atoms with Gasteiger partial charge >= 0.3 is 0 Å². The lowest BCUT2D eigenvalue weighted by atomic mass is 10.1. The SMILES string of the molecule is CSc1nc2nc(C)c(CC(=O)N[C@@H]3CCN(Cc4ccccc4)C3)c(C)n2n1. The summed E-state index contributed by atoms with van der Waals surface area (Å²) in [7, 11) is 0. The molecule has 1 aliphatic heterocycles. The fourth-order valence-electron chi connectivity index (χ4n) is 3.91. The zero-order chi connectivity index (χ0) is 20.4. The summed E-state index contributed by atoms with van der Waals surface area (Å²) in [5, 5.41) is 8.35. The van der Waals surface area contributed by atoms with Crippen LogP contribution in [0.2, 0.25) is 0 Å². The summed E-state index contributed by atoms with van der Waals surface area (Å²) in [4.78, 5) is 24.1. The minimum Gasteiger partial charge on any atom is -0.352 e. The highest BCUT2D eigenvalue weighted by Gasteiger charge is 2.24. The lowest BCUT2D eigenvalue weighted by Gasteiger charge is -2.17. The minimum atomic E-state index is 0.0362. The van der Waals surface area contributed by atoms with Gasteiger partial charge in [-0.1, -0.05) is 42.1 Å². The number of aromatic nitrogens is 4. The van der Waals surface area contributed by atoms with Gasteiger partial charge in [0.05, 0.1) is 6.42 Å². The number of aryl methyl sites for hydroxylation is 2. The standard InChI is InChI=1S/C21H26N6OS/c1-14-18(15(2)27-20(22-14)24-21(25-27)29-3)11-19(28)23-17-9-10-26(13-17)12-16-7-5-4-6-8-16/h4-8,17H,9-13H2,1-3H3,(H,23,28)/t17-/m1/s1. The second kappa shape index (κ2) is 8.51. The summed E-state index contributed by atoms with van der Waals surface area (Å²) in [5.41, 5.74) is 3.99. The molecule has 3 heterocycles. The number of fused-ring (bicyclic) bond motifs is 1. The molecule has 1 amide bonds. The Morgan fingerprint density at radius 2 is 2.03 bits per heavy atom. The fraction of sp³-hybridized carbons (Fsp3) is 0.429. The lowest BCUT2D eigenvalue weighted by molar-refractivity contribution is -0.121. The number of amides is 1. The summed E-state index contributed by atoms with van der Waals surface area (Å²) in [5.74, 6) is 0.620. The molecule has 0 saturated carbocycles. The molecule has 1 fully saturated rings. The van der Waals surface area contributed by atoms with Crippen molar-refractivity contribution in [1.29, 1.82) is 0 Å². The van der Waals surface area contributed by atoms with E-state index in [1.807, 2.05) is 26.2 Å². The zero-order valence-electron chi connectivity index (χ0n) is 17.1. The van der Waals surface area contributed by atoms with Crippen LogP contribution in [0.3, 0.4) is 0 Å². The Kier molecular flexibility index (Phi) is 5.82. The van der Waals surface area contributed by atoms with E-state index in [0.717, 1.165) is 43.0 Å².